The van der Waals surface area contributed by atoms with Crippen LogP contribution in [0.5, 0.6) is 0 Å². The van der Waals surface area contributed by atoms with Crippen LogP contribution in [0.15, 0.2) is 29.2 Å². The molecule has 1 N–H and O–H groups in total. The molecule has 2 unspecified atom stereocenters. The third kappa shape index (κ3) is 3.71. The second-order valence-electron chi connectivity index (χ2n) is 5.77. The molecule has 6 heteroatoms. The fraction of sp³-hybridized carbons (Fsp3) is 0.600. The number of hydrogen-bond donors (Lipinski definition) is 1. The van der Waals surface area contributed by atoms with E-state index < -0.39 is 10.0 Å². The highest BCUT2D eigenvalue weighted by Gasteiger charge is 2.27. The Hall–Kier alpha value is -0.780. The standard InChI is InChI=1S/C15H23ClN2O2S/c1-18(2)21(19,20)15-9-4-3-8-14(15)17-11-13-7-5-6-12(13)10-16/h3-4,8-9,12-13,17H,5-7,10-11H2,1-2H3. The van der Waals surface area contributed by atoms with Crippen molar-refractivity contribution in [1.29, 1.82) is 0 Å². The molecule has 1 fully saturated rings. The van der Waals surface area contributed by atoms with E-state index in [-0.39, 0.29) is 0 Å². The van der Waals surface area contributed by atoms with Crippen LogP contribution in [0.4, 0.5) is 5.69 Å². The number of anilines is 1. The van der Waals surface area contributed by atoms with E-state index in [1.165, 1.54) is 17.1 Å². The molecule has 1 aromatic rings. The molecule has 118 valence electrons. The summed E-state index contributed by atoms with van der Waals surface area (Å²) in [4.78, 5) is 0.329. The highest BCUT2D eigenvalue weighted by molar-refractivity contribution is 7.89. The van der Waals surface area contributed by atoms with Crippen LogP contribution in [0.2, 0.25) is 0 Å². The number of benzene rings is 1. The molecular formula is C15H23ClN2O2S. The van der Waals surface area contributed by atoms with Crippen LogP contribution in [-0.4, -0.2) is 39.2 Å². The van der Waals surface area contributed by atoms with Gasteiger partial charge >= 0.3 is 0 Å². The van der Waals surface area contributed by atoms with Gasteiger partial charge in [0.05, 0.1) is 5.69 Å². The molecule has 1 aliphatic rings. The summed E-state index contributed by atoms with van der Waals surface area (Å²) in [5, 5.41) is 3.32. The van der Waals surface area contributed by atoms with Crippen molar-refractivity contribution in [2.45, 2.75) is 24.2 Å². The largest absolute Gasteiger partial charge is 0.384 e. The summed E-state index contributed by atoms with van der Waals surface area (Å²) >= 11 is 6.00. The summed E-state index contributed by atoms with van der Waals surface area (Å²) in [6.45, 7) is 0.775. The Labute approximate surface area is 132 Å². The number of nitrogens with one attached hydrogen (secondary N) is 1. The molecule has 0 aromatic heterocycles. The van der Waals surface area contributed by atoms with Crippen molar-refractivity contribution in [3.63, 3.8) is 0 Å². The van der Waals surface area contributed by atoms with E-state index in [1.807, 2.05) is 12.1 Å². The Kier molecular flexibility index (Phi) is 5.52. The molecule has 0 radical (unpaired) electrons. The average Bonchev–Trinajstić information content (AvgIpc) is 2.92. The molecule has 0 amide bonds. The monoisotopic (exact) mass is 330 g/mol. The quantitative estimate of drug-likeness (QED) is 0.816. The van der Waals surface area contributed by atoms with Gasteiger partial charge in [-0.15, -0.1) is 11.6 Å². The van der Waals surface area contributed by atoms with Gasteiger partial charge in [-0.05, 0) is 36.8 Å². The van der Waals surface area contributed by atoms with E-state index in [2.05, 4.69) is 5.32 Å². The van der Waals surface area contributed by atoms with E-state index in [1.54, 1.807) is 26.2 Å². The summed E-state index contributed by atoms with van der Waals surface area (Å²) in [6.07, 6.45) is 3.54. The first-order valence-electron chi connectivity index (χ1n) is 7.28. The first kappa shape index (κ1) is 16.6. The van der Waals surface area contributed by atoms with Crippen LogP contribution in [0.3, 0.4) is 0 Å². The summed E-state index contributed by atoms with van der Waals surface area (Å²) in [5.74, 6) is 1.75. The summed E-state index contributed by atoms with van der Waals surface area (Å²) in [5.41, 5.74) is 0.673. The smallest absolute Gasteiger partial charge is 0.244 e. The number of nitrogens with zero attached hydrogens (tertiary/aromatic N) is 1. The Morgan fingerprint density at radius 2 is 1.90 bits per heavy atom. The molecule has 0 saturated heterocycles. The molecule has 0 bridgehead atoms. The van der Waals surface area contributed by atoms with E-state index >= 15 is 0 Å². The molecule has 1 aromatic carbocycles. The lowest BCUT2D eigenvalue weighted by atomic mass is 9.98. The molecule has 1 aliphatic carbocycles. The lowest BCUT2D eigenvalue weighted by molar-refractivity contribution is 0.444. The Balaban J connectivity index is 2.14. The molecule has 0 spiro atoms. The molecule has 4 nitrogen and oxygen atoms in total. The topological polar surface area (TPSA) is 49.4 Å². The van der Waals surface area contributed by atoms with Gasteiger partial charge in [0.25, 0.3) is 0 Å². The third-order valence-electron chi connectivity index (χ3n) is 4.22. The van der Waals surface area contributed by atoms with Gasteiger partial charge in [-0.25, -0.2) is 12.7 Å². The zero-order chi connectivity index (χ0) is 15.5. The Morgan fingerprint density at radius 1 is 1.24 bits per heavy atom. The molecule has 0 aliphatic heterocycles. The summed E-state index contributed by atoms with van der Waals surface area (Å²) in [6, 6.07) is 7.07. The molecule has 2 atom stereocenters. The Bertz CT molecular complexity index is 575. The number of hydrogen-bond acceptors (Lipinski definition) is 3. The lowest BCUT2D eigenvalue weighted by Crippen LogP contribution is -2.25. The number of halogens is 1. The van der Waals surface area contributed by atoms with Gasteiger partial charge in [0.1, 0.15) is 4.90 Å². The number of sulfonamides is 1. The molecule has 1 saturated carbocycles. The average molecular weight is 331 g/mol. The summed E-state index contributed by atoms with van der Waals surface area (Å²) < 4.78 is 25.9. The van der Waals surface area contributed by atoms with Gasteiger partial charge in [0.15, 0.2) is 0 Å². The zero-order valence-corrected chi connectivity index (χ0v) is 14.1. The maximum Gasteiger partial charge on any atom is 0.244 e. The van der Waals surface area contributed by atoms with E-state index in [9.17, 15) is 8.42 Å². The van der Waals surface area contributed by atoms with Gasteiger partial charge in [0.2, 0.25) is 10.0 Å². The summed E-state index contributed by atoms with van der Waals surface area (Å²) in [7, 11) is -0.331. The highest BCUT2D eigenvalue weighted by Crippen LogP contribution is 2.33. The molecule has 21 heavy (non-hydrogen) atoms. The van der Waals surface area contributed by atoms with Gasteiger partial charge < -0.3 is 5.32 Å². The fourth-order valence-electron chi connectivity index (χ4n) is 2.86. The molecule has 2 rings (SSSR count). The number of alkyl halides is 1. The zero-order valence-electron chi connectivity index (χ0n) is 12.5. The van der Waals surface area contributed by atoms with Crippen molar-refractivity contribution >= 4 is 27.3 Å². The van der Waals surface area contributed by atoms with E-state index in [0.29, 0.717) is 28.3 Å². The normalized spacial score (nSPS) is 22.7. The van der Waals surface area contributed by atoms with Gasteiger partial charge in [-0.2, -0.15) is 0 Å². The van der Waals surface area contributed by atoms with Crippen molar-refractivity contribution < 1.29 is 8.42 Å². The molecular weight excluding hydrogens is 308 g/mol. The van der Waals surface area contributed by atoms with Crippen molar-refractivity contribution in [2.24, 2.45) is 11.8 Å². The number of rotatable bonds is 6. The predicted molar refractivity (Wildman–Crippen MR) is 87.4 cm³/mol. The minimum atomic E-state index is -3.43. The van der Waals surface area contributed by atoms with Crippen LogP contribution in [0, 0.1) is 11.8 Å². The van der Waals surface area contributed by atoms with E-state index in [4.69, 9.17) is 11.6 Å². The fourth-order valence-corrected chi connectivity index (χ4v) is 4.33. The van der Waals surface area contributed by atoms with Crippen molar-refractivity contribution in [3.05, 3.63) is 24.3 Å². The van der Waals surface area contributed by atoms with Crippen molar-refractivity contribution in [3.8, 4) is 0 Å². The van der Waals surface area contributed by atoms with Gasteiger partial charge in [0, 0.05) is 26.5 Å². The maximum atomic E-state index is 12.3. The third-order valence-corrected chi connectivity index (χ3v) is 6.48. The predicted octanol–water partition coefficient (Wildman–Crippen LogP) is 3.00. The van der Waals surface area contributed by atoms with Crippen molar-refractivity contribution in [2.75, 3.05) is 31.8 Å². The minimum Gasteiger partial charge on any atom is -0.384 e. The van der Waals surface area contributed by atoms with Crippen LogP contribution in [0.25, 0.3) is 0 Å². The lowest BCUT2D eigenvalue weighted by Gasteiger charge is -2.20. The first-order chi connectivity index (χ1) is 9.96. The maximum absolute atomic E-state index is 12.3. The first-order valence-corrected chi connectivity index (χ1v) is 9.25. The number of para-hydroxylation sites is 1. The van der Waals surface area contributed by atoms with E-state index in [0.717, 1.165) is 13.0 Å². The minimum absolute atomic E-state index is 0.329. The SMILES string of the molecule is CN(C)S(=O)(=O)c1ccccc1NCC1CCCC1CCl. The Morgan fingerprint density at radius 3 is 2.57 bits per heavy atom. The van der Waals surface area contributed by atoms with Crippen LogP contribution in [-0.2, 0) is 10.0 Å². The highest BCUT2D eigenvalue weighted by atomic mass is 35.5. The second-order valence-corrected chi connectivity index (χ2v) is 8.20. The second kappa shape index (κ2) is 6.99. The van der Waals surface area contributed by atoms with Crippen LogP contribution >= 0.6 is 11.6 Å². The van der Waals surface area contributed by atoms with Crippen molar-refractivity contribution in [1.82, 2.24) is 4.31 Å². The molecule has 0 heterocycles. The van der Waals surface area contributed by atoms with Crippen LogP contribution in [0.1, 0.15) is 19.3 Å². The van der Waals surface area contributed by atoms with Gasteiger partial charge in [-0.1, -0.05) is 18.6 Å². The van der Waals surface area contributed by atoms with Gasteiger partial charge in [-0.3, -0.25) is 0 Å². The van der Waals surface area contributed by atoms with Crippen LogP contribution < -0.4 is 5.32 Å².